The van der Waals surface area contributed by atoms with Crippen LogP contribution in [0.4, 0.5) is 0 Å². The Hall–Kier alpha value is 1.24. The molecule has 0 bridgehead atoms. The van der Waals surface area contributed by atoms with E-state index in [2.05, 4.69) is 6.92 Å². The molecule has 0 aromatic rings. The molecular formula is C18H35MgNaO2+2. The van der Waals surface area contributed by atoms with Crippen LogP contribution in [0.3, 0.4) is 0 Å². The van der Waals surface area contributed by atoms with Gasteiger partial charge in [0.05, 0.1) is 0 Å². The molecular weight excluding hydrogens is 295 g/mol. The molecule has 4 heteroatoms. The van der Waals surface area contributed by atoms with Gasteiger partial charge in [-0.25, -0.2) is 0 Å². The fourth-order valence-corrected chi connectivity index (χ4v) is 2.64. The van der Waals surface area contributed by atoms with E-state index in [0.717, 1.165) is 12.8 Å². The Morgan fingerprint density at radius 2 is 0.909 bits per heavy atom. The van der Waals surface area contributed by atoms with Crippen LogP contribution in [0.2, 0.25) is 0 Å². The van der Waals surface area contributed by atoms with Gasteiger partial charge in [0.2, 0.25) is 0 Å². The van der Waals surface area contributed by atoms with Crippen LogP contribution in [-0.2, 0) is 4.79 Å². The fourth-order valence-electron chi connectivity index (χ4n) is 2.64. The Labute approximate surface area is 177 Å². The maximum Gasteiger partial charge on any atom is 2.00 e. The fraction of sp³-hybridized carbons (Fsp3) is 0.944. The summed E-state index contributed by atoms with van der Waals surface area (Å²) in [4.78, 5) is 10.2. The number of hydrogen-bond donors (Lipinski definition) is 0. The molecule has 120 valence electrons. The Bertz CT molecular complexity index is 213. The van der Waals surface area contributed by atoms with Gasteiger partial charge < -0.3 is 9.90 Å². The van der Waals surface area contributed by atoms with Crippen LogP contribution in [0.15, 0.2) is 0 Å². The number of carbonyl (C=O) groups excluding carboxylic acids is 1. The largest absolute Gasteiger partial charge is 2.00 e. The first-order valence-electron chi connectivity index (χ1n) is 8.97. The van der Waals surface area contributed by atoms with Crippen molar-refractivity contribution in [3.05, 3.63) is 0 Å². The van der Waals surface area contributed by atoms with Gasteiger partial charge in [-0.1, -0.05) is 96.8 Å². The van der Waals surface area contributed by atoms with Gasteiger partial charge in [0.25, 0.3) is 0 Å². The molecule has 0 N–H and O–H groups in total. The minimum Gasteiger partial charge on any atom is -0.550 e. The van der Waals surface area contributed by atoms with Crippen molar-refractivity contribution in [2.75, 3.05) is 0 Å². The average Bonchev–Trinajstić information content (AvgIpc) is 2.43. The molecule has 0 aliphatic carbocycles. The molecule has 0 aliphatic heterocycles. The third kappa shape index (κ3) is 26.1. The summed E-state index contributed by atoms with van der Waals surface area (Å²) in [7, 11) is 0. The van der Waals surface area contributed by atoms with Crippen molar-refractivity contribution in [3.63, 3.8) is 0 Å². The van der Waals surface area contributed by atoms with E-state index in [1.807, 2.05) is 0 Å². The summed E-state index contributed by atoms with van der Waals surface area (Å²) in [5.74, 6) is -0.903. The van der Waals surface area contributed by atoms with Crippen molar-refractivity contribution in [2.24, 2.45) is 0 Å². The standard InChI is InChI=1S/C18H36O2.Mg.Na/c1-2-3-4-5-6-7-8-9-10-11-12-13-14-15-16-17-18(19)20;;/h2-17H2,1H3,(H,19,20);;/q;+2;+1/p-1. The van der Waals surface area contributed by atoms with Gasteiger partial charge in [-0.15, -0.1) is 0 Å². The van der Waals surface area contributed by atoms with Crippen LogP contribution >= 0.6 is 0 Å². The van der Waals surface area contributed by atoms with Crippen molar-refractivity contribution < 1.29 is 39.5 Å². The predicted octanol–water partition coefficient (Wildman–Crippen LogP) is 1.62. The molecule has 0 spiro atoms. The van der Waals surface area contributed by atoms with E-state index in [9.17, 15) is 9.90 Å². The Balaban J connectivity index is -0.00000180. The predicted molar refractivity (Wildman–Crippen MR) is 90.3 cm³/mol. The van der Waals surface area contributed by atoms with Crippen LogP contribution in [0.5, 0.6) is 0 Å². The molecule has 0 atom stereocenters. The zero-order valence-electron chi connectivity index (χ0n) is 15.3. The van der Waals surface area contributed by atoms with E-state index in [-0.39, 0.29) is 59.0 Å². The maximum atomic E-state index is 10.2. The molecule has 0 aromatic carbocycles. The molecule has 2 nitrogen and oxygen atoms in total. The molecule has 0 saturated carbocycles. The minimum absolute atomic E-state index is 0. The van der Waals surface area contributed by atoms with E-state index in [1.165, 1.54) is 83.5 Å². The number of unbranched alkanes of at least 4 members (excludes halogenated alkanes) is 14. The van der Waals surface area contributed by atoms with Crippen LogP contribution in [-0.4, -0.2) is 29.0 Å². The smallest absolute Gasteiger partial charge is 0.550 e. The molecule has 0 rings (SSSR count). The number of carboxylic acids is 1. The third-order valence-electron chi connectivity index (χ3n) is 3.98. The van der Waals surface area contributed by atoms with E-state index in [1.54, 1.807) is 0 Å². The quantitative estimate of drug-likeness (QED) is 0.319. The van der Waals surface area contributed by atoms with Crippen molar-refractivity contribution >= 4 is 29.0 Å². The minimum atomic E-state index is -0.903. The summed E-state index contributed by atoms with van der Waals surface area (Å²) in [6.07, 6.45) is 19.9. The van der Waals surface area contributed by atoms with Crippen molar-refractivity contribution in [2.45, 2.75) is 110 Å². The van der Waals surface area contributed by atoms with Crippen LogP contribution in [0, 0.1) is 0 Å². The molecule has 0 unspecified atom stereocenters. The van der Waals surface area contributed by atoms with Gasteiger partial charge in [-0.3, -0.25) is 0 Å². The molecule has 0 heterocycles. The zero-order valence-corrected chi connectivity index (χ0v) is 18.8. The first-order chi connectivity index (χ1) is 9.77. The maximum absolute atomic E-state index is 10.2. The summed E-state index contributed by atoms with van der Waals surface area (Å²) in [6, 6.07) is 0. The first kappa shape index (κ1) is 28.1. The van der Waals surface area contributed by atoms with Gasteiger partial charge in [-0.05, 0) is 12.8 Å². The van der Waals surface area contributed by atoms with Crippen LogP contribution in [0.1, 0.15) is 110 Å². The van der Waals surface area contributed by atoms with Crippen LogP contribution in [0.25, 0.3) is 0 Å². The topological polar surface area (TPSA) is 40.1 Å². The summed E-state index contributed by atoms with van der Waals surface area (Å²) >= 11 is 0. The second-order valence-corrected chi connectivity index (χ2v) is 6.07. The molecule has 0 saturated heterocycles. The second-order valence-electron chi connectivity index (χ2n) is 6.07. The van der Waals surface area contributed by atoms with E-state index < -0.39 is 5.97 Å². The van der Waals surface area contributed by atoms with Gasteiger partial charge in [-0.2, -0.15) is 0 Å². The summed E-state index contributed by atoms with van der Waals surface area (Å²) in [5.41, 5.74) is 0. The molecule has 0 radical (unpaired) electrons. The van der Waals surface area contributed by atoms with Crippen molar-refractivity contribution in [3.8, 4) is 0 Å². The van der Waals surface area contributed by atoms with Gasteiger partial charge >= 0.3 is 52.6 Å². The van der Waals surface area contributed by atoms with Gasteiger partial charge in [0, 0.05) is 5.97 Å². The summed E-state index contributed by atoms with van der Waals surface area (Å²) in [6.45, 7) is 2.27. The number of aliphatic carboxylic acids is 1. The zero-order chi connectivity index (χ0) is 14.9. The van der Waals surface area contributed by atoms with Gasteiger partial charge in [0.1, 0.15) is 0 Å². The third-order valence-corrected chi connectivity index (χ3v) is 3.98. The molecule has 0 amide bonds. The first-order valence-corrected chi connectivity index (χ1v) is 8.97. The molecule has 22 heavy (non-hydrogen) atoms. The van der Waals surface area contributed by atoms with Crippen LogP contribution < -0.4 is 34.7 Å². The Morgan fingerprint density at radius 3 is 1.18 bits per heavy atom. The second kappa shape index (κ2) is 24.5. The number of carbonyl (C=O) groups is 1. The number of carboxylic acid groups (broad SMARTS) is 1. The average molecular weight is 331 g/mol. The van der Waals surface area contributed by atoms with Crippen molar-refractivity contribution in [1.82, 2.24) is 0 Å². The van der Waals surface area contributed by atoms with E-state index in [4.69, 9.17) is 0 Å². The SMILES string of the molecule is CCCCCCCCCCCCCCCCCC(=O)[O-].[Mg+2].[Na+]. The Morgan fingerprint density at radius 1 is 0.636 bits per heavy atom. The van der Waals surface area contributed by atoms with Gasteiger partial charge in [0.15, 0.2) is 0 Å². The van der Waals surface area contributed by atoms with E-state index >= 15 is 0 Å². The summed E-state index contributed by atoms with van der Waals surface area (Å²) < 4.78 is 0. The number of hydrogen-bond acceptors (Lipinski definition) is 2. The summed E-state index contributed by atoms with van der Waals surface area (Å²) in [5, 5.41) is 10.2. The monoisotopic (exact) mass is 330 g/mol. The van der Waals surface area contributed by atoms with E-state index in [0.29, 0.717) is 0 Å². The molecule has 0 fully saturated rings. The molecule has 0 aromatic heterocycles. The number of rotatable bonds is 16. The molecule has 0 aliphatic rings. The normalized spacial score (nSPS) is 9.86. The Kier molecular flexibility index (Phi) is 31.2. The van der Waals surface area contributed by atoms with Crippen molar-refractivity contribution in [1.29, 1.82) is 0 Å².